The predicted molar refractivity (Wildman–Crippen MR) is 50.7 cm³/mol. The molecule has 2 N–H and O–H groups in total. The Kier molecular flexibility index (Phi) is 2.41. The third-order valence-corrected chi connectivity index (χ3v) is 3.00. The average Bonchev–Trinajstić information content (AvgIpc) is 2.48. The Morgan fingerprint density at radius 1 is 1.43 bits per heavy atom. The molecule has 2 atom stereocenters. The van der Waals surface area contributed by atoms with Gasteiger partial charge in [0.05, 0.1) is 12.6 Å². The van der Waals surface area contributed by atoms with Gasteiger partial charge in [-0.15, -0.1) is 0 Å². The summed E-state index contributed by atoms with van der Waals surface area (Å²) in [5.41, 5.74) is 0. The number of nitrogens with one attached hydrogen (secondary N) is 2. The van der Waals surface area contributed by atoms with Gasteiger partial charge in [-0.25, -0.2) is 4.79 Å². The predicted octanol–water partition coefficient (Wildman–Crippen LogP) is -0.464. The molecule has 0 aliphatic carbocycles. The molecule has 14 heavy (non-hydrogen) atoms. The van der Waals surface area contributed by atoms with Gasteiger partial charge in [0.15, 0.2) is 0 Å². The highest BCUT2D eigenvalue weighted by molar-refractivity contribution is 6.02. The summed E-state index contributed by atoms with van der Waals surface area (Å²) in [6.45, 7) is 3.94. The van der Waals surface area contributed by atoms with Crippen molar-refractivity contribution in [1.82, 2.24) is 15.5 Å². The molecule has 2 rings (SSSR count). The number of amides is 3. The SMILES string of the molecule is CC1CCNCC1N1C(=O)CNC1=O. The van der Waals surface area contributed by atoms with Crippen LogP contribution in [0.3, 0.4) is 0 Å². The summed E-state index contributed by atoms with van der Waals surface area (Å²) in [6, 6.07) is -0.214. The van der Waals surface area contributed by atoms with Crippen molar-refractivity contribution >= 4 is 11.9 Å². The molecule has 0 radical (unpaired) electrons. The fourth-order valence-corrected chi connectivity index (χ4v) is 2.09. The summed E-state index contributed by atoms with van der Waals surface area (Å²) in [6.07, 6.45) is 1.02. The van der Waals surface area contributed by atoms with Crippen molar-refractivity contribution in [1.29, 1.82) is 0 Å². The minimum absolute atomic E-state index is 0.0266. The van der Waals surface area contributed by atoms with Crippen LogP contribution >= 0.6 is 0 Å². The summed E-state index contributed by atoms with van der Waals surface area (Å²) < 4.78 is 0. The van der Waals surface area contributed by atoms with Gasteiger partial charge in [-0.05, 0) is 18.9 Å². The molecule has 0 aromatic carbocycles. The van der Waals surface area contributed by atoms with Crippen LogP contribution in [-0.2, 0) is 4.79 Å². The Balaban J connectivity index is 2.12. The van der Waals surface area contributed by atoms with Crippen molar-refractivity contribution in [3.8, 4) is 0 Å². The van der Waals surface area contributed by atoms with E-state index < -0.39 is 0 Å². The maximum atomic E-state index is 11.4. The second-order valence-electron chi connectivity index (χ2n) is 3.96. The lowest BCUT2D eigenvalue weighted by Gasteiger charge is -2.34. The van der Waals surface area contributed by atoms with Gasteiger partial charge >= 0.3 is 6.03 Å². The molecule has 3 amide bonds. The molecule has 0 aromatic rings. The quantitative estimate of drug-likeness (QED) is 0.559. The summed E-state index contributed by atoms with van der Waals surface area (Å²) >= 11 is 0. The van der Waals surface area contributed by atoms with Crippen LogP contribution in [0.2, 0.25) is 0 Å². The topological polar surface area (TPSA) is 61.4 Å². The standard InChI is InChI=1S/C9H15N3O2/c1-6-2-3-10-4-7(6)12-8(13)5-11-9(12)14/h6-7,10H,2-5H2,1H3,(H,11,14). The van der Waals surface area contributed by atoms with Crippen molar-refractivity contribution < 1.29 is 9.59 Å². The number of nitrogens with zero attached hydrogens (tertiary/aromatic N) is 1. The molecule has 0 aromatic heterocycles. The van der Waals surface area contributed by atoms with E-state index in [2.05, 4.69) is 17.6 Å². The summed E-state index contributed by atoms with van der Waals surface area (Å²) in [4.78, 5) is 24.2. The van der Waals surface area contributed by atoms with E-state index in [0.717, 1.165) is 19.5 Å². The average molecular weight is 197 g/mol. The normalized spacial score (nSPS) is 33.4. The number of rotatable bonds is 1. The van der Waals surface area contributed by atoms with Crippen LogP contribution < -0.4 is 10.6 Å². The lowest BCUT2D eigenvalue weighted by atomic mass is 9.94. The van der Waals surface area contributed by atoms with Gasteiger partial charge in [-0.1, -0.05) is 6.92 Å². The Morgan fingerprint density at radius 2 is 2.21 bits per heavy atom. The lowest BCUT2D eigenvalue weighted by Crippen LogP contribution is -2.52. The van der Waals surface area contributed by atoms with E-state index in [1.807, 2.05) is 0 Å². The van der Waals surface area contributed by atoms with E-state index >= 15 is 0 Å². The molecular weight excluding hydrogens is 182 g/mol. The number of piperidine rings is 1. The molecule has 2 heterocycles. The highest BCUT2D eigenvalue weighted by atomic mass is 16.2. The first-order valence-electron chi connectivity index (χ1n) is 5.01. The monoisotopic (exact) mass is 197 g/mol. The van der Waals surface area contributed by atoms with Crippen molar-refractivity contribution in [2.45, 2.75) is 19.4 Å². The van der Waals surface area contributed by atoms with E-state index in [1.165, 1.54) is 4.90 Å². The van der Waals surface area contributed by atoms with Gasteiger partial charge in [-0.3, -0.25) is 9.69 Å². The number of hydrogen-bond acceptors (Lipinski definition) is 3. The van der Waals surface area contributed by atoms with Crippen molar-refractivity contribution in [2.75, 3.05) is 19.6 Å². The van der Waals surface area contributed by atoms with E-state index in [0.29, 0.717) is 5.92 Å². The molecule has 2 saturated heterocycles. The fourth-order valence-electron chi connectivity index (χ4n) is 2.09. The highest BCUT2D eigenvalue weighted by Crippen LogP contribution is 2.19. The number of hydrogen-bond donors (Lipinski definition) is 2. The van der Waals surface area contributed by atoms with Crippen LogP contribution in [0.25, 0.3) is 0 Å². The third kappa shape index (κ3) is 1.48. The minimum Gasteiger partial charge on any atom is -0.329 e. The van der Waals surface area contributed by atoms with E-state index in [9.17, 15) is 9.59 Å². The molecular formula is C9H15N3O2. The summed E-state index contributed by atoms with van der Waals surface area (Å²) in [5.74, 6) is 0.291. The van der Waals surface area contributed by atoms with Crippen LogP contribution in [0.5, 0.6) is 0 Å². The first-order chi connectivity index (χ1) is 6.70. The van der Waals surface area contributed by atoms with Gasteiger partial charge in [0.2, 0.25) is 5.91 Å². The largest absolute Gasteiger partial charge is 0.329 e. The van der Waals surface area contributed by atoms with Gasteiger partial charge in [-0.2, -0.15) is 0 Å². The molecule has 2 aliphatic rings. The maximum absolute atomic E-state index is 11.4. The molecule has 2 unspecified atom stereocenters. The summed E-state index contributed by atoms with van der Waals surface area (Å²) in [5, 5.41) is 5.76. The summed E-state index contributed by atoms with van der Waals surface area (Å²) in [7, 11) is 0. The van der Waals surface area contributed by atoms with Gasteiger partial charge in [0, 0.05) is 6.54 Å². The van der Waals surface area contributed by atoms with Crippen LogP contribution in [0.15, 0.2) is 0 Å². The van der Waals surface area contributed by atoms with Crippen molar-refractivity contribution in [3.63, 3.8) is 0 Å². The smallest absolute Gasteiger partial charge is 0.324 e. The molecule has 5 nitrogen and oxygen atoms in total. The second-order valence-corrected chi connectivity index (χ2v) is 3.96. The zero-order valence-electron chi connectivity index (χ0n) is 8.25. The molecule has 2 aliphatic heterocycles. The van der Waals surface area contributed by atoms with Crippen LogP contribution in [-0.4, -0.2) is 42.5 Å². The zero-order valence-corrected chi connectivity index (χ0v) is 8.25. The Hall–Kier alpha value is -1.10. The lowest BCUT2D eigenvalue weighted by molar-refractivity contribution is -0.127. The van der Waals surface area contributed by atoms with Gasteiger partial charge < -0.3 is 10.6 Å². The van der Waals surface area contributed by atoms with E-state index in [1.54, 1.807) is 0 Å². The minimum atomic E-state index is -0.240. The second kappa shape index (κ2) is 3.57. The molecule has 78 valence electrons. The van der Waals surface area contributed by atoms with E-state index in [-0.39, 0.29) is 24.5 Å². The Labute approximate surface area is 82.8 Å². The zero-order chi connectivity index (χ0) is 10.1. The number of carbonyl (C=O) groups excluding carboxylic acids is 2. The van der Waals surface area contributed by atoms with Crippen molar-refractivity contribution in [3.05, 3.63) is 0 Å². The first kappa shape index (κ1) is 9.45. The van der Waals surface area contributed by atoms with Gasteiger partial charge in [0.25, 0.3) is 0 Å². The number of carbonyl (C=O) groups is 2. The third-order valence-electron chi connectivity index (χ3n) is 3.00. The maximum Gasteiger partial charge on any atom is 0.324 e. The molecule has 2 fully saturated rings. The van der Waals surface area contributed by atoms with Crippen LogP contribution in [0.4, 0.5) is 4.79 Å². The van der Waals surface area contributed by atoms with E-state index in [4.69, 9.17) is 0 Å². The van der Waals surface area contributed by atoms with Crippen LogP contribution in [0, 0.1) is 5.92 Å². The van der Waals surface area contributed by atoms with Gasteiger partial charge in [0.1, 0.15) is 0 Å². The molecule has 0 saturated carbocycles. The molecule has 5 heteroatoms. The first-order valence-corrected chi connectivity index (χ1v) is 5.01. The van der Waals surface area contributed by atoms with Crippen LogP contribution in [0.1, 0.15) is 13.3 Å². The Bertz CT molecular complexity index is 251. The Morgan fingerprint density at radius 3 is 2.79 bits per heavy atom. The number of imide groups is 1. The van der Waals surface area contributed by atoms with Crippen molar-refractivity contribution in [2.24, 2.45) is 5.92 Å². The number of urea groups is 1. The molecule has 0 spiro atoms. The highest BCUT2D eigenvalue weighted by Gasteiger charge is 2.38. The molecule has 0 bridgehead atoms. The fraction of sp³-hybridized carbons (Fsp3) is 0.778.